The van der Waals surface area contributed by atoms with Gasteiger partial charge in [0.15, 0.2) is 0 Å². The fourth-order valence-electron chi connectivity index (χ4n) is 2.40. The van der Waals surface area contributed by atoms with Crippen LogP contribution >= 0.6 is 0 Å². The van der Waals surface area contributed by atoms with E-state index in [1.807, 2.05) is 67.1 Å². The molecule has 0 saturated heterocycles. The van der Waals surface area contributed by atoms with E-state index in [1.54, 1.807) is 0 Å². The fourth-order valence-corrected chi connectivity index (χ4v) is 2.40. The zero-order chi connectivity index (χ0) is 14.8. The second-order valence-corrected chi connectivity index (χ2v) is 5.13. The first kappa shape index (κ1) is 13.4. The van der Waals surface area contributed by atoms with Crippen LogP contribution in [0.4, 0.5) is 0 Å². The molecule has 0 unspecified atom stereocenters. The molecule has 0 atom stereocenters. The summed E-state index contributed by atoms with van der Waals surface area (Å²) in [6.45, 7) is 2.39. The van der Waals surface area contributed by atoms with Gasteiger partial charge in [0.1, 0.15) is 5.82 Å². The van der Waals surface area contributed by atoms with E-state index in [4.69, 9.17) is 0 Å². The normalized spacial score (nSPS) is 10.8. The van der Waals surface area contributed by atoms with Crippen molar-refractivity contribution in [1.82, 2.24) is 14.9 Å². The summed E-state index contributed by atoms with van der Waals surface area (Å²) in [6.07, 6.45) is 0. The molecule has 0 fully saturated rings. The molecule has 3 rings (SSSR count). The summed E-state index contributed by atoms with van der Waals surface area (Å²) in [4.78, 5) is 16.7. The van der Waals surface area contributed by atoms with E-state index in [1.165, 1.54) is 0 Å². The zero-order valence-electron chi connectivity index (χ0n) is 12.1. The minimum atomic E-state index is -0.0780. The van der Waals surface area contributed by atoms with Gasteiger partial charge in [0.2, 0.25) is 0 Å². The molecule has 106 valence electrons. The van der Waals surface area contributed by atoms with Gasteiger partial charge in [-0.3, -0.25) is 4.79 Å². The summed E-state index contributed by atoms with van der Waals surface area (Å²) >= 11 is 0. The average Bonchev–Trinajstić information content (AvgIpc) is 2.82. The molecule has 3 aromatic rings. The maximum atomic E-state index is 12.1. The summed E-state index contributed by atoms with van der Waals surface area (Å²) in [5, 5.41) is 2.92. The highest BCUT2D eigenvalue weighted by Crippen LogP contribution is 2.14. The van der Waals surface area contributed by atoms with Crippen LogP contribution in [0, 0.1) is 6.92 Å². The van der Waals surface area contributed by atoms with Crippen molar-refractivity contribution in [3.63, 3.8) is 0 Å². The van der Waals surface area contributed by atoms with Crippen molar-refractivity contribution in [2.24, 2.45) is 7.05 Å². The van der Waals surface area contributed by atoms with Gasteiger partial charge in [-0.15, -0.1) is 0 Å². The number of hydrogen-bond acceptors (Lipinski definition) is 2. The van der Waals surface area contributed by atoms with Crippen LogP contribution in [-0.2, 0) is 13.6 Å². The van der Waals surface area contributed by atoms with Gasteiger partial charge in [-0.2, -0.15) is 0 Å². The number of fused-ring (bicyclic) bond motifs is 1. The summed E-state index contributed by atoms with van der Waals surface area (Å²) in [5.41, 5.74) is 3.76. The number of aryl methyl sites for hydroxylation is 2. The van der Waals surface area contributed by atoms with E-state index in [0.29, 0.717) is 12.1 Å². The zero-order valence-corrected chi connectivity index (χ0v) is 12.1. The maximum absolute atomic E-state index is 12.1. The predicted octanol–water partition coefficient (Wildman–Crippen LogP) is 2.81. The molecule has 0 aliphatic heterocycles. The topological polar surface area (TPSA) is 46.9 Å². The standard InChI is InChI=1S/C17H17N3O/c1-12-6-5-7-13(10-12)17(21)18-11-16-19-14-8-3-4-9-15(14)20(16)2/h3-10H,11H2,1-2H3,(H,18,21). The van der Waals surface area contributed by atoms with Crippen molar-refractivity contribution in [3.8, 4) is 0 Å². The van der Waals surface area contributed by atoms with Gasteiger partial charge in [-0.25, -0.2) is 4.98 Å². The van der Waals surface area contributed by atoms with E-state index >= 15 is 0 Å². The summed E-state index contributed by atoms with van der Waals surface area (Å²) in [6, 6.07) is 15.5. The highest BCUT2D eigenvalue weighted by Gasteiger charge is 2.09. The van der Waals surface area contributed by atoms with E-state index < -0.39 is 0 Å². The van der Waals surface area contributed by atoms with E-state index in [0.717, 1.165) is 22.4 Å². The first-order chi connectivity index (χ1) is 10.1. The van der Waals surface area contributed by atoms with Crippen molar-refractivity contribution in [2.75, 3.05) is 0 Å². The molecule has 0 saturated carbocycles. The van der Waals surface area contributed by atoms with Crippen LogP contribution in [0.1, 0.15) is 21.7 Å². The number of carbonyl (C=O) groups is 1. The van der Waals surface area contributed by atoms with Crippen LogP contribution < -0.4 is 5.32 Å². The number of hydrogen-bond donors (Lipinski definition) is 1. The lowest BCUT2D eigenvalue weighted by molar-refractivity contribution is 0.0949. The van der Waals surface area contributed by atoms with Crippen molar-refractivity contribution in [2.45, 2.75) is 13.5 Å². The number of nitrogens with one attached hydrogen (secondary N) is 1. The molecule has 1 amide bonds. The maximum Gasteiger partial charge on any atom is 0.251 e. The molecule has 4 nitrogen and oxygen atoms in total. The number of carbonyl (C=O) groups excluding carboxylic acids is 1. The highest BCUT2D eigenvalue weighted by molar-refractivity contribution is 5.94. The Morgan fingerprint density at radius 3 is 2.76 bits per heavy atom. The van der Waals surface area contributed by atoms with Crippen LogP contribution in [0.3, 0.4) is 0 Å². The quantitative estimate of drug-likeness (QED) is 0.801. The lowest BCUT2D eigenvalue weighted by atomic mass is 10.1. The number of amides is 1. The van der Waals surface area contributed by atoms with Crippen molar-refractivity contribution >= 4 is 16.9 Å². The third-order valence-electron chi connectivity index (χ3n) is 3.57. The van der Waals surface area contributed by atoms with Crippen LogP contribution in [0.2, 0.25) is 0 Å². The monoisotopic (exact) mass is 279 g/mol. The van der Waals surface area contributed by atoms with Gasteiger partial charge < -0.3 is 9.88 Å². The number of benzene rings is 2. The van der Waals surface area contributed by atoms with Crippen molar-refractivity contribution in [1.29, 1.82) is 0 Å². The Balaban J connectivity index is 1.77. The first-order valence-corrected chi connectivity index (χ1v) is 6.90. The summed E-state index contributed by atoms with van der Waals surface area (Å²) in [5.74, 6) is 0.767. The molecule has 21 heavy (non-hydrogen) atoms. The molecule has 1 aromatic heterocycles. The van der Waals surface area contributed by atoms with Crippen molar-refractivity contribution in [3.05, 3.63) is 65.5 Å². The molecule has 4 heteroatoms. The Bertz CT molecular complexity index is 805. The number of aromatic nitrogens is 2. The largest absolute Gasteiger partial charge is 0.345 e. The van der Waals surface area contributed by atoms with Gasteiger partial charge in [0.05, 0.1) is 17.6 Å². The Morgan fingerprint density at radius 1 is 1.19 bits per heavy atom. The lowest BCUT2D eigenvalue weighted by Gasteiger charge is -2.06. The van der Waals surface area contributed by atoms with Gasteiger partial charge in [0, 0.05) is 12.6 Å². The van der Waals surface area contributed by atoms with E-state index in [9.17, 15) is 4.79 Å². The molecule has 0 spiro atoms. The van der Waals surface area contributed by atoms with E-state index in [-0.39, 0.29) is 5.91 Å². The predicted molar refractivity (Wildman–Crippen MR) is 83.1 cm³/mol. The number of nitrogens with zero attached hydrogens (tertiary/aromatic N) is 2. The number of para-hydroxylation sites is 2. The minimum absolute atomic E-state index is 0.0780. The summed E-state index contributed by atoms with van der Waals surface area (Å²) < 4.78 is 2.01. The third-order valence-corrected chi connectivity index (χ3v) is 3.57. The fraction of sp³-hybridized carbons (Fsp3) is 0.176. The molecule has 0 aliphatic rings. The van der Waals surface area contributed by atoms with Gasteiger partial charge in [0.25, 0.3) is 5.91 Å². The average molecular weight is 279 g/mol. The Labute approximate surface area is 123 Å². The van der Waals surface area contributed by atoms with Crippen LogP contribution in [-0.4, -0.2) is 15.5 Å². The Hall–Kier alpha value is -2.62. The molecule has 0 bridgehead atoms. The van der Waals surface area contributed by atoms with Crippen LogP contribution in [0.25, 0.3) is 11.0 Å². The molecule has 0 radical (unpaired) electrons. The molecule has 1 heterocycles. The molecule has 2 aromatic carbocycles. The minimum Gasteiger partial charge on any atom is -0.345 e. The number of rotatable bonds is 3. The lowest BCUT2D eigenvalue weighted by Crippen LogP contribution is -2.24. The Morgan fingerprint density at radius 2 is 2.00 bits per heavy atom. The molecule has 0 aliphatic carbocycles. The third kappa shape index (κ3) is 2.65. The molecular formula is C17H17N3O. The smallest absolute Gasteiger partial charge is 0.251 e. The second kappa shape index (κ2) is 5.40. The second-order valence-electron chi connectivity index (χ2n) is 5.13. The summed E-state index contributed by atoms with van der Waals surface area (Å²) in [7, 11) is 1.96. The Kier molecular flexibility index (Phi) is 3.44. The van der Waals surface area contributed by atoms with Gasteiger partial charge in [-0.05, 0) is 31.2 Å². The highest BCUT2D eigenvalue weighted by atomic mass is 16.1. The van der Waals surface area contributed by atoms with Crippen molar-refractivity contribution < 1.29 is 4.79 Å². The van der Waals surface area contributed by atoms with Crippen LogP contribution in [0.15, 0.2) is 48.5 Å². The van der Waals surface area contributed by atoms with Gasteiger partial charge in [-0.1, -0.05) is 29.8 Å². The SMILES string of the molecule is Cc1cccc(C(=O)NCc2nc3ccccc3n2C)c1. The van der Waals surface area contributed by atoms with E-state index in [2.05, 4.69) is 10.3 Å². The molecule has 1 N–H and O–H groups in total. The molecular weight excluding hydrogens is 262 g/mol. The van der Waals surface area contributed by atoms with Crippen LogP contribution in [0.5, 0.6) is 0 Å². The number of imidazole rings is 1. The van der Waals surface area contributed by atoms with Gasteiger partial charge >= 0.3 is 0 Å². The first-order valence-electron chi connectivity index (χ1n) is 6.90.